The average molecular weight is 263 g/mol. The number of nitrogen functional groups attached to an aromatic ring is 1. The number of fused-ring (bicyclic) bond motifs is 1. The Bertz CT molecular complexity index is 476. The Morgan fingerprint density at radius 3 is 2.89 bits per heavy atom. The number of carbonyl (C=O) groups is 1. The van der Waals surface area contributed by atoms with Crippen molar-refractivity contribution in [2.75, 3.05) is 23.7 Å². The number of carbonyl (C=O) groups excluding carboxylic acids is 1. The molecule has 2 unspecified atom stereocenters. The molecule has 5 nitrogen and oxygen atoms in total. The minimum Gasteiger partial charge on any atom is -0.479 e. The van der Waals surface area contributed by atoms with Gasteiger partial charge < -0.3 is 21.1 Å². The first-order chi connectivity index (χ1) is 9.02. The summed E-state index contributed by atoms with van der Waals surface area (Å²) in [6, 6.07) is 5.38. The van der Waals surface area contributed by atoms with Gasteiger partial charge in [0.15, 0.2) is 6.10 Å². The van der Waals surface area contributed by atoms with E-state index in [1.165, 1.54) is 0 Å². The maximum Gasteiger partial charge on any atom is 0.267 e. The maximum atomic E-state index is 12.2. The van der Waals surface area contributed by atoms with Crippen LogP contribution in [-0.4, -0.2) is 25.1 Å². The van der Waals surface area contributed by atoms with Gasteiger partial charge in [-0.25, -0.2) is 0 Å². The van der Waals surface area contributed by atoms with Gasteiger partial charge >= 0.3 is 0 Å². The van der Waals surface area contributed by atoms with Gasteiger partial charge in [-0.1, -0.05) is 6.92 Å². The van der Waals surface area contributed by atoms with Gasteiger partial charge in [-0.2, -0.15) is 0 Å². The molecule has 0 radical (unpaired) electrons. The fourth-order valence-corrected chi connectivity index (χ4v) is 2.12. The van der Waals surface area contributed by atoms with Crippen LogP contribution in [0.3, 0.4) is 0 Å². The highest BCUT2D eigenvalue weighted by Gasteiger charge is 2.31. The zero-order valence-corrected chi connectivity index (χ0v) is 11.4. The number of amides is 1. The van der Waals surface area contributed by atoms with Crippen molar-refractivity contribution >= 4 is 17.3 Å². The zero-order valence-electron chi connectivity index (χ0n) is 11.4. The molecule has 1 aromatic rings. The first kappa shape index (κ1) is 13.7. The lowest BCUT2D eigenvalue weighted by Gasteiger charge is -2.33. The summed E-state index contributed by atoms with van der Waals surface area (Å²) in [7, 11) is 0. The highest BCUT2D eigenvalue weighted by atomic mass is 16.5. The van der Waals surface area contributed by atoms with Crippen molar-refractivity contribution in [1.82, 2.24) is 0 Å². The Morgan fingerprint density at radius 1 is 1.47 bits per heavy atom. The third-order valence-electron chi connectivity index (χ3n) is 3.44. The second-order valence-electron chi connectivity index (χ2n) is 5.11. The van der Waals surface area contributed by atoms with E-state index in [0.717, 1.165) is 12.1 Å². The third kappa shape index (κ3) is 2.81. The SMILES string of the molecule is CC(CN)CCN1C(=O)C(C)Oc2ccc(N)cc21. The lowest BCUT2D eigenvalue weighted by Crippen LogP contribution is -2.45. The number of hydrogen-bond acceptors (Lipinski definition) is 4. The summed E-state index contributed by atoms with van der Waals surface area (Å²) in [5, 5.41) is 0. The van der Waals surface area contributed by atoms with E-state index in [0.29, 0.717) is 30.4 Å². The Hall–Kier alpha value is -1.75. The van der Waals surface area contributed by atoms with Gasteiger partial charge in [-0.15, -0.1) is 0 Å². The van der Waals surface area contributed by atoms with Crippen LogP contribution in [0.15, 0.2) is 18.2 Å². The van der Waals surface area contributed by atoms with Crippen LogP contribution < -0.4 is 21.1 Å². The number of benzene rings is 1. The summed E-state index contributed by atoms with van der Waals surface area (Å²) in [5.74, 6) is 1.07. The van der Waals surface area contributed by atoms with Crippen molar-refractivity contribution in [3.05, 3.63) is 18.2 Å². The van der Waals surface area contributed by atoms with Crippen molar-refractivity contribution < 1.29 is 9.53 Å². The smallest absolute Gasteiger partial charge is 0.267 e. The molecular formula is C14H21N3O2. The van der Waals surface area contributed by atoms with Gasteiger partial charge in [0.1, 0.15) is 5.75 Å². The van der Waals surface area contributed by atoms with E-state index in [9.17, 15) is 4.79 Å². The fraction of sp³-hybridized carbons (Fsp3) is 0.500. The maximum absolute atomic E-state index is 12.2. The van der Waals surface area contributed by atoms with Gasteiger partial charge in [0.2, 0.25) is 0 Å². The Kier molecular flexibility index (Phi) is 3.95. The summed E-state index contributed by atoms with van der Waals surface area (Å²) < 4.78 is 5.59. The van der Waals surface area contributed by atoms with E-state index in [2.05, 4.69) is 6.92 Å². The van der Waals surface area contributed by atoms with Gasteiger partial charge in [0.25, 0.3) is 5.91 Å². The molecule has 1 aromatic carbocycles. The summed E-state index contributed by atoms with van der Waals surface area (Å²) in [6.07, 6.45) is 0.410. The highest BCUT2D eigenvalue weighted by Crippen LogP contribution is 2.35. The fourth-order valence-electron chi connectivity index (χ4n) is 2.12. The summed E-state index contributed by atoms with van der Waals surface area (Å²) in [5.41, 5.74) is 12.8. The van der Waals surface area contributed by atoms with Crippen molar-refractivity contribution in [3.63, 3.8) is 0 Å². The molecule has 0 saturated heterocycles. The molecule has 0 bridgehead atoms. The quantitative estimate of drug-likeness (QED) is 0.804. The van der Waals surface area contributed by atoms with Crippen LogP contribution in [0.5, 0.6) is 5.75 Å². The van der Waals surface area contributed by atoms with E-state index in [4.69, 9.17) is 16.2 Å². The standard InChI is InChI=1S/C14H21N3O2/c1-9(8-15)5-6-17-12-7-11(16)3-4-13(12)19-10(2)14(17)18/h3-4,7,9-10H,5-6,8,15-16H2,1-2H3. The van der Waals surface area contributed by atoms with Crippen LogP contribution >= 0.6 is 0 Å². The lowest BCUT2D eigenvalue weighted by molar-refractivity contribution is -0.125. The Balaban J connectivity index is 2.25. The normalized spacial score (nSPS) is 19.8. The van der Waals surface area contributed by atoms with Crippen molar-refractivity contribution in [2.24, 2.45) is 11.7 Å². The van der Waals surface area contributed by atoms with Crippen LogP contribution in [0.4, 0.5) is 11.4 Å². The first-order valence-corrected chi connectivity index (χ1v) is 6.60. The Morgan fingerprint density at radius 2 is 2.21 bits per heavy atom. The van der Waals surface area contributed by atoms with Gasteiger partial charge in [-0.3, -0.25) is 4.79 Å². The number of nitrogens with zero attached hydrogens (tertiary/aromatic N) is 1. The largest absolute Gasteiger partial charge is 0.479 e. The lowest BCUT2D eigenvalue weighted by atomic mass is 10.1. The van der Waals surface area contributed by atoms with E-state index in [1.807, 2.05) is 6.07 Å². The second-order valence-corrected chi connectivity index (χ2v) is 5.11. The average Bonchev–Trinajstić information content (AvgIpc) is 2.39. The molecule has 4 N–H and O–H groups in total. The molecule has 104 valence electrons. The van der Waals surface area contributed by atoms with Gasteiger partial charge in [-0.05, 0) is 44.0 Å². The highest BCUT2D eigenvalue weighted by molar-refractivity contribution is 6.00. The monoisotopic (exact) mass is 263 g/mol. The molecule has 1 amide bonds. The molecule has 19 heavy (non-hydrogen) atoms. The zero-order chi connectivity index (χ0) is 14.0. The molecule has 1 heterocycles. The molecular weight excluding hydrogens is 242 g/mol. The van der Waals surface area contributed by atoms with Crippen LogP contribution in [-0.2, 0) is 4.79 Å². The number of nitrogens with two attached hydrogens (primary N) is 2. The molecule has 0 fully saturated rings. The van der Waals surface area contributed by atoms with Crippen LogP contribution in [0.2, 0.25) is 0 Å². The number of hydrogen-bond donors (Lipinski definition) is 2. The minimum atomic E-state index is -0.454. The Labute approximate surface area is 113 Å². The van der Waals surface area contributed by atoms with Crippen LogP contribution in [0.25, 0.3) is 0 Å². The second kappa shape index (κ2) is 5.48. The molecule has 5 heteroatoms. The summed E-state index contributed by atoms with van der Waals surface area (Å²) >= 11 is 0. The molecule has 2 rings (SSSR count). The topological polar surface area (TPSA) is 81.6 Å². The van der Waals surface area contributed by atoms with E-state index < -0.39 is 6.10 Å². The summed E-state index contributed by atoms with van der Waals surface area (Å²) in [6.45, 7) is 5.11. The minimum absolute atomic E-state index is 0.0256. The molecule has 0 spiro atoms. The van der Waals surface area contributed by atoms with Crippen molar-refractivity contribution in [1.29, 1.82) is 0 Å². The van der Waals surface area contributed by atoms with E-state index >= 15 is 0 Å². The molecule has 0 saturated carbocycles. The third-order valence-corrected chi connectivity index (χ3v) is 3.44. The summed E-state index contributed by atoms with van der Waals surface area (Å²) in [4.78, 5) is 14.0. The molecule has 1 aliphatic heterocycles. The number of rotatable bonds is 4. The van der Waals surface area contributed by atoms with Crippen molar-refractivity contribution in [2.45, 2.75) is 26.4 Å². The van der Waals surface area contributed by atoms with Crippen LogP contribution in [0, 0.1) is 5.92 Å². The van der Waals surface area contributed by atoms with E-state index in [-0.39, 0.29) is 5.91 Å². The molecule has 1 aliphatic rings. The molecule has 2 atom stereocenters. The molecule has 0 aliphatic carbocycles. The van der Waals surface area contributed by atoms with E-state index in [1.54, 1.807) is 24.0 Å². The number of ether oxygens (including phenoxy) is 1. The van der Waals surface area contributed by atoms with Crippen molar-refractivity contribution in [3.8, 4) is 5.75 Å². The molecule has 0 aromatic heterocycles. The predicted molar refractivity (Wildman–Crippen MR) is 76.1 cm³/mol. The van der Waals surface area contributed by atoms with Crippen LogP contribution in [0.1, 0.15) is 20.3 Å². The predicted octanol–water partition coefficient (Wildman–Crippen LogP) is 1.37. The first-order valence-electron chi connectivity index (χ1n) is 6.60. The number of anilines is 2. The van der Waals surface area contributed by atoms with Gasteiger partial charge in [0.05, 0.1) is 5.69 Å². The van der Waals surface area contributed by atoms with Gasteiger partial charge in [0, 0.05) is 12.2 Å².